The van der Waals surface area contributed by atoms with Crippen molar-refractivity contribution >= 4 is 23.4 Å². The number of nitrogens with zero attached hydrogens (tertiary/aromatic N) is 3. The molecule has 5 nitrogen and oxygen atoms in total. The van der Waals surface area contributed by atoms with Crippen molar-refractivity contribution in [1.82, 2.24) is 9.97 Å². The fourth-order valence-corrected chi connectivity index (χ4v) is 2.26. The molecule has 0 saturated carbocycles. The monoisotopic (exact) mass is 256 g/mol. The molecule has 2 rings (SSSR count). The standard InChI is InChI=1S/C11H17ClN4O/c1-7-4-3-5-16(6-7)11-13-8(2)9(12)10(14-11)15-17/h7,17H,3-6H2,1-2H3,(H,13,14,15). The van der Waals surface area contributed by atoms with E-state index in [1.54, 1.807) is 0 Å². The second-order valence-corrected chi connectivity index (χ2v) is 4.95. The van der Waals surface area contributed by atoms with E-state index in [-0.39, 0.29) is 5.82 Å². The Hall–Kier alpha value is -1.07. The second kappa shape index (κ2) is 5.06. The Balaban J connectivity index is 2.29. The second-order valence-electron chi connectivity index (χ2n) is 4.58. The highest BCUT2D eigenvalue weighted by molar-refractivity contribution is 6.33. The van der Waals surface area contributed by atoms with Gasteiger partial charge in [-0.15, -0.1) is 0 Å². The molecule has 2 N–H and O–H groups in total. The molecular formula is C11H17ClN4O. The predicted octanol–water partition coefficient (Wildman–Crippen LogP) is 2.48. The Morgan fingerprint density at radius 2 is 2.24 bits per heavy atom. The van der Waals surface area contributed by atoms with Crippen molar-refractivity contribution in [2.24, 2.45) is 5.92 Å². The van der Waals surface area contributed by atoms with Crippen LogP contribution >= 0.6 is 11.6 Å². The molecule has 17 heavy (non-hydrogen) atoms. The van der Waals surface area contributed by atoms with Crippen LogP contribution in [-0.2, 0) is 0 Å². The average Bonchev–Trinajstić information content (AvgIpc) is 2.32. The largest absolute Gasteiger partial charge is 0.340 e. The summed E-state index contributed by atoms with van der Waals surface area (Å²) in [5.74, 6) is 1.55. The van der Waals surface area contributed by atoms with E-state index in [4.69, 9.17) is 16.8 Å². The van der Waals surface area contributed by atoms with Gasteiger partial charge in [0.2, 0.25) is 5.95 Å². The topological polar surface area (TPSA) is 61.3 Å². The van der Waals surface area contributed by atoms with Crippen LogP contribution in [0.15, 0.2) is 0 Å². The van der Waals surface area contributed by atoms with Crippen molar-refractivity contribution in [2.75, 3.05) is 23.5 Å². The molecule has 1 fully saturated rings. The zero-order valence-electron chi connectivity index (χ0n) is 10.1. The van der Waals surface area contributed by atoms with Gasteiger partial charge in [0.15, 0.2) is 5.82 Å². The van der Waals surface area contributed by atoms with E-state index in [9.17, 15) is 0 Å². The van der Waals surface area contributed by atoms with Crippen LogP contribution in [0.4, 0.5) is 11.8 Å². The molecule has 0 amide bonds. The lowest BCUT2D eigenvalue weighted by molar-refractivity contribution is 0.385. The quantitative estimate of drug-likeness (QED) is 0.796. The molecule has 1 aromatic rings. The Morgan fingerprint density at radius 3 is 2.88 bits per heavy atom. The lowest BCUT2D eigenvalue weighted by Gasteiger charge is -2.31. The van der Waals surface area contributed by atoms with Crippen molar-refractivity contribution in [3.8, 4) is 0 Å². The Morgan fingerprint density at radius 1 is 1.47 bits per heavy atom. The summed E-state index contributed by atoms with van der Waals surface area (Å²) in [7, 11) is 0. The van der Waals surface area contributed by atoms with E-state index in [0.717, 1.165) is 19.5 Å². The zero-order chi connectivity index (χ0) is 12.4. The summed E-state index contributed by atoms with van der Waals surface area (Å²) in [5, 5.41) is 9.34. The van der Waals surface area contributed by atoms with Gasteiger partial charge in [-0.2, -0.15) is 4.98 Å². The number of rotatable bonds is 2. The van der Waals surface area contributed by atoms with E-state index >= 15 is 0 Å². The Bertz CT molecular complexity index is 413. The number of anilines is 2. The van der Waals surface area contributed by atoms with Crippen molar-refractivity contribution in [3.63, 3.8) is 0 Å². The molecule has 2 heterocycles. The van der Waals surface area contributed by atoms with E-state index in [1.165, 1.54) is 6.42 Å². The maximum absolute atomic E-state index is 8.97. The number of piperidine rings is 1. The average molecular weight is 257 g/mol. The molecule has 0 aliphatic carbocycles. The number of aryl methyl sites for hydroxylation is 1. The molecule has 1 aromatic heterocycles. The first-order chi connectivity index (χ1) is 8.11. The first-order valence-electron chi connectivity index (χ1n) is 5.81. The summed E-state index contributed by atoms with van der Waals surface area (Å²) in [4.78, 5) is 10.7. The number of halogens is 1. The summed E-state index contributed by atoms with van der Waals surface area (Å²) in [6.07, 6.45) is 2.39. The maximum Gasteiger partial charge on any atom is 0.227 e. The maximum atomic E-state index is 8.97. The van der Waals surface area contributed by atoms with Crippen LogP contribution < -0.4 is 10.4 Å². The zero-order valence-corrected chi connectivity index (χ0v) is 10.8. The highest BCUT2D eigenvalue weighted by atomic mass is 35.5. The Labute approximate surface area is 106 Å². The summed E-state index contributed by atoms with van der Waals surface area (Å²) in [6, 6.07) is 0. The van der Waals surface area contributed by atoms with Crippen LogP contribution in [0.2, 0.25) is 5.02 Å². The number of hydrogen-bond acceptors (Lipinski definition) is 5. The molecule has 0 aromatic carbocycles. The van der Waals surface area contributed by atoms with Crippen LogP contribution in [0.25, 0.3) is 0 Å². The van der Waals surface area contributed by atoms with E-state index in [1.807, 2.05) is 12.4 Å². The minimum absolute atomic E-state index is 0.271. The summed E-state index contributed by atoms with van der Waals surface area (Å²) < 4.78 is 0. The Kier molecular flexibility index (Phi) is 3.69. The van der Waals surface area contributed by atoms with Gasteiger partial charge in [0, 0.05) is 13.1 Å². The smallest absolute Gasteiger partial charge is 0.227 e. The minimum atomic E-state index is 0.271. The third kappa shape index (κ3) is 2.61. The number of aromatic nitrogens is 2. The first kappa shape index (κ1) is 12.4. The lowest BCUT2D eigenvalue weighted by atomic mass is 10.0. The van der Waals surface area contributed by atoms with Crippen molar-refractivity contribution in [2.45, 2.75) is 26.7 Å². The SMILES string of the molecule is Cc1nc(N2CCCC(C)C2)nc(NO)c1Cl. The van der Waals surface area contributed by atoms with Gasteiger partial charge in [0.05, 0.1) is 5.69 Å². The van der Waals surface area contributed by atoms with Gasteiger partial charge in [-0.1, -0.05) is 18.5 Å². The highest BCUT2D eigenvalue weighted by Gasteiger charge is 2.20. The van der Waals surface area contributed by atoms with E-state index < -0.39 is 0 Å². The van der Waals surface area contributed by atoms with Crippen LogP contribution in [0.1, 0.15) is 25.5 Å². The van der Waals surface area contributed by atoms with Crippen LogP contribution in [0, 0.1) is 12.8 Å². The first-order valence-corrected chi connectivity index (χ1v) is 6.18. The predicted molar refractivity (Wildman–Crippen MR) is 67.8 cm³/mol. The molecule has 0 spiro atoms. The minimum Gasteiger partial charge on any atom is -0.340 e. The molecule has 1 aliphatic rings. The fourth-order valence-electron chi connectivity index (χ4n) is 2.13. The lowest BCUT2D eigenvalue weighted by Crippen LogP contribution is -2.35. The number of hydrogen-bond donors (Lipinski definition) is 2. The fraction of sp³-hybridized carbons (Fsp3) is 0.636. The van der Waals surface area contributed by atoms with Crippen molar-refractivity contribution < 1.29 is 5.21 Å². The van der Waals surface area contributed by atoms with Crippen LogP contribution in [0.5, 0.6) is 0 Å². The van der Waals surface area contributed by atoms with Gasteiger partial charge in [-0.3, -0.25) is 10.7 Å². The molecule has 6 heteroatoms. The van der Waals surface area contributed by atoms with Gasteiger partial charge in [-0.25, -0.2) is 4.98 Å². The highest BCUT2D eigenvalue weighted by Crippen LogP contribution is 2.26. The van der Waals surface area contributed by atoms with Gasteiger partial charge < -0.3 is 4.90 Å². The van der Waals surface area contributed by atoms with Crippen LogP contribution in [0.3, 0.4) is 0 Å². The molecule has 1 atom stereocenters. The molecule has 0 bridgehead atoms. The van der Waals surface area contributed by atoms with Gasteiger partial charge >= 0.3 is 0 Å². The molecule has 1 aliphatic heterocycles. The molecule has 1 unspecified atom stereocenters. The third-order valence-electron chi connectivity index (χ3n) is 3.05. The van der Waals surface area contributed by atoms with Crippen molar-refractivity contribution in [3.05, 3.63) is 10.7 Å². The van der Waals surface area contributed by atoms with Gasteiger partial charge in [0.25, 0.3) is 0 Å². The van der Waals surface area contributed by atoms with Crippen LogP contribution in [-0.4, -0.2) is 28.3 Å². The normalized spacial score (nSPS) is 20.5. The molecular weight excluding hydrogens is 240 g/mol. The van der Waals surface area contributed by atoms with Gasteiger partial charge in [-0.05, 0) is 25.7 Å². The molecule has 0 radical (unpaired) electrons. The summed E-state index contributed by atoms with van der Waals surface area (Å²) in [6.45, 7) is 5.93. The van der Waals surface area contributed by atoms with E-state index in [2.05, 4.69) is 21.8 Å². The molecule has 1 saturated heterocycles. The van der Waals surface area contributed by atoms with Crippen molar-refractivity contribution in [1.29, 1.82) is 0 Å². The third-order valence-corrected chi connectivity index (χ3v) is 3.50. The van der Waals surface area contributed by atoms with Gasteiger partial charge in [0.1, 0.15) is 5.02 Å². The molecule has 94 valence electrons. The summed E-state index contributed by atoms with van der Waals surface area (Å²) in [5.41, 5.74) is 2.69. The van der Waals surface area contributed by atoms with E-state index in [0.29, 0.717) is 22.6 Å². The number of nitrogens with one attached hydrogen (secondary N) is 1. The summed E-state index contributed by atoms with van der Waals surface area (Å²) >= 11 is 5.97.